The molecular formula is C15H27ClN4. The summed E-state index contributed by atoms with van der Waals surface area (Å²) >= 11 is 6.28. The summed E-state index contributed by atoms with van der Waals surface area (Å²) in [4.78, 5) is 11.1. The Morgan fingerprint density at radius 3 is 2.50 bits per heavy atom. The molecule has 1 rings (SSSR count). The first-order chi connectivity index (χ1) is 9.65. The van der Waals surface area contributed by atoms with Gasteiger partial charge < -0.3 is 10.2 Å². The van der Waals surface area contributed by atoms with Crippen molar-refractivity contribution in [2.24, 2.45) is 5.92 Å². The Labute approximate surface area is 127 Å². The lowest BCUT2D eigenvalue weighted by molar-refractivity contribution is 0.484. The van der Waals surface area contributed by atoms with E-state index in [-0.39, 0.29) is 0 Å². The van der Waals surface area contributed by atoms with Gasteiger partial charge >= 0.3 is 0 Å². The van der Waals surface area contributed by atoms with Crippen LogP contribution < -0.4 is 10.2 Å². The molecular weight excluding hydrogens is 272 g/mol. The van der Waals surface area contributed by atoms with Gasteiger partial charge in [0.25, 0.3) is 0 Å². The number of aromatic nitrogens is 2. The molecule has 0 radical (unpaired) electrons. The molecule has 0 atom stereocenters. The van der Waals surface area contributed by atoms with Crippen molar-refractivity contribution in [2.75, 3.05) is 29.9 Å². The van der Waals surface area contributed by atoms with E-state index in [4.69, 9.17) is 11.6 Å². The van der Waals surface area contributed by atoms with Crippen molar-refractivity contribution >= 4 is 23.4 Å². The van der Waals surface area contributed by atoms with Crippen LogP contribution in [0.4, 0.5) is 11.8 Å². The Morgan fingerprint density at radius 1 is 1.25 bits per heavy atom. The van der Waals surface area contributed by atoms with Gasteiger partial charge in [-0.25, -0.2) is 4.98 Å². The average molecular weight is 299 g/mol. The van der Waals surface area contributed by atoms with Crippen LogP contribution in [-0.2, 0) is 0 Å². The number of anilines is 2. The van der Waals surface area contributed by atoms with Crippen LogP contribution >= 0.6 is 11.6 Å². The summed E-state index contributed by atoms with van der Waals surface area (Å²) in [7, 11) is 0. The first-order valence-electron chi connectivity index (χ1n) is 7.67. The molecule has 5 heteroatoms. The zero-order chi connectivity index (χ0) is 15.0. The highest BCUT2D eigenvalue weighted by atomic mass is 35.5. The number of nitrogens with zero attached hydrogens (tertiary/aromatic N) is 3. The van der Waals surface area contributed by atoms with E-state index in [1.165, 1.54) is 12.8 Å². The second-order valence-electron chi connectivity index (χ2n) is 5.01. The van der Waals surface area contributed by atoms with E-state index in [0.717, 1.165) is 31.9 Å². The van der Waals surface area contributed by atoms with E-state index < -0.39 is 0 Å². The highest BCUT2D eigenvalue weighted by Crippen LogP contribution is 2.25. The molecule has 0 aliphatic rings. The molecule has 0 saturated heterocycles. The lowest BCUT2D eigenvalue weighted by atomic mass is 10.0. The summed E-state index contributed by atoms with van der Waals surface area (Å²) in [5.41, 5.74) is 0. The van der Waals surface area contributed by atoms with Crippen LogP contribution in [0.1, 0.15) is 47.0 Å². The smallest absolute Gasteiger partial charge is 0.224 e. The molecule has 0 saturated carbocycles. The van der Waals surface area contributed by atoms with E-state index in [1.54, 1.807) is 6.20 Å². The standard InChI is InChI=1S/C15H27ClN4/c1-5-9-17-15-18-10-13(16)14(19-15)20(8-4)11-12(6-2)7-3/h10,12H,5-9,11H2,1-4H3,(H,17,18,19). The molecule has 0 unspecified atom stereocenters. The minimum Gasteiger partial charge on any atom is -0.355 e. The van der Waals surface area contributed by atoms with Gasteiger partial charge in [-0.2, -0.15) is 4.98 Å². The van der Waals surface area contributed by atoms with Gasteiger partial charge in [-0.05, 0) is 19.3 Å². The Bertz CT molecular complexity index is 393. The predicted molar refractivity (Wildman–Crippen MR) is 87.8 cm³/mol. The third-order valence-corrected chi connectivity index (χ3v) is 3.84. The fraction of sp³-hybridized carbons (Fsp3) is 0.733. The summed E-state index contributed by atoms with van der Waals surface area (Å²) in [5, 5.41) is 3.84. The average Bonchev–Trinajstić information content (AvgIpc) is 2.48. The fourth-order valence-electron chi connectivity index (χ4n) is 2.13. The maximum absolute atomic E-state index is 6.28. The lowest BCUT2D eigenvalue weighted by Gasteiger charge is -2.27. The maximum Gasteiger partial charge on any atom is 0.224 e. The molecule has 0 aromatic carbocycles. The van der Waals surface area contributed by atoms with E-state index in [0.29, 0.717) is 16.9 Å². The molecule has 4 nitrogen and oxygen atoms in total. The van der Waals surface area contributed by atoms with Gasteiger partial charge in [0.15, 0.2) is 5.82 Å². The SMILES string of the molecule is CCCNc1ncc(Cl)c(N(CC)CC(CC)CC)n1. The number of rotatable bonds is 9. The zero-order valence-corrected chi connectivity index (χ0v) is 13.9. The molecule has 1 heterocycles. The zero-order valence-electron chi connectivity index (χ0n) is 13.1. The number of hydrogen-bond donors (Lipinski definition) is 1. The van der Waals surface area contributed by atoms with E-state index in [1.807, 2.05) is 0 Å². The largest absolute Gasteiger partial charge is 0.355 e. The van der Waals surface area contributed by atoms with Crippen molar-refractivity contribution in [3.63, 3.8) is 0 Å². The van der Waals surface area contributed by atoms with E-state index in [9.17, 15) is 0 Å². The van der Waals surface area contributed by atoms with Gasteiger partial charge in [-0.15, -0.1) is 0 Å². The summed E-state index contributed by atoms with van der Waals surface area (Å²) < 4.78 is 0. The van der Waals surface area contributed by atoms with E-state index >= 15 is 0 Å². The third kappa shape index (κ3) is 4.82. The van der Waals surface area contributed by atoms with Crippen molar-refractivity contribution in [1.82, 2.24) is 9.97 Å². The molecule has 20 heavy (non-hydrogen) atoms. The van der Waals surface area contributed by atoms with Crippen LogP contribution in [0.25, 0.3) is 0 Å². The number of hydrogen-bond acceptors (Lipinski definition) is 4. The summed E-state index contributed by atoms with van der Waals surface area (Å²) in [5.74, 6) is 2.18. The molecule has 0 aliphatic heterocycles. The molecule has 114 valence electrons. The third-order valence-electron chi connectivity index (χ3n) is 3.57. The molecule has 0 bridgehead atoms. The van der Waals surface area contributed by atoms with E-state index in [2.05, 4.69) is 47.9 Å². The second-order valence-corrected chi connectivity index (χ2v) is 5.42. The first kappa shape index (κ1) is 17.0. The van der Waals surface area contributed by atoms with Crippen molar-refractivity contribution in [3.05, 3.63) is 11.2 Å². The maximum atomic E-state index is 6.28. The highest BCUT2D eigenvalue weighted by molar-refractivity contribution is 6.32. The van der Waals surface area contributed by atoms with Crippen LogP contribution in [0.15, 0.2) is 6.20 Å². The fourth-order valence-corrected chi connectivity index (χ4v) is 2.34. The van der Waals surface area contributed by atoms with Gasteiger partial charge in [0.2, 0.25) is 5.95 Å². The Hall–Kier alpha value is -1.03. The molecule has 0 fully saturated rings. The quantitative estimate of drug-likeness (QED) is 0.741. The minimum atomic E-state index is 0.625. The summed E-state index contributed by atoms with van der Waals surface area (Å²) in [6, 6.07) is 0. The van der Waals surface area contributed by atoms with Gasteiger partial charge in [0, 0.05) is 19.6 Å². The van der Waals surface area contributed by atoms with Crippen LogP contribution in [0.3, 0.4) is 0 Å². The van der Waals surface area contributed by atoms with Gasteiger partial charge in [-0.3, -0.25) is 0 Å². The first-order valence-corrected chi connectivity index (χ1v) is 8.05. The van der Waals surface area contributed by atoms with Crippen molar-refractivity contribution in [1.29, 1.82) is 0 Å². The molecule has 1 N–H and O–H groups in total. The lowest BCUT2D eigenvalue weighted by Crippen LogP contribution is -2.30. The number of nitrogens with one attached hydrogen (secondary N) is 1. The van der Waals surface area contributed by atoms with Gasteiger partial charge in [0.05, 0.1) is 6.20 Å². The summed E-state index contributed by atoms with van der Waals surface area (Å²) in [6.45, 7) is 11.5. The number of halogens is 1. The van der Waals surface area contributed by atoms with Crippen molar-refractivity contribution < 1.29 is 0 Å². The van der Waals surface area contributed by atoms with Gasteiger partial charge in [0.1, 0.15) is 5.02 Å². The van der Waals surface area contributed by atoms with Crippen molar-refractivity contribution in [3.8, 4) is 0 Å². The highest BCUT2D eigenvalue weighted by Gasteiger charge is 2.15. The van der Waals surface area contributed by atoms with Crippen molar-refractivity contribution in [2.45, 2.75) is 47.0 Å². The predicted octanol–water partition coefficient (Wildman–Crippen LogP) is 4.21. The Morgan fingerprint density at radius 2 is 1.95 bits per heavy atom. The van der Waals surface area contributed by atoms with Crippen LogP contribution in [0.2, 0.25) is 5.02 Å². The second kappa shape index (κ2) is 9.01. The monoisotopic (exact) mass is 298 g/mol. The molecule has 0 spiro atoms. The Kier molecular flexibility index (Phi) is 7.67. The summed E-state index contributed by atoms with van der Waals surface area (Å²) in [6.07, 6.45) is 5.09. The Balaban J connectivity index is 2.89. The molecule has 1 aromatic rings. The topological polar surface area (TPSA) is 41.1 Å². The normalized spacial score (nSPS) is 10.9. The molecule has 0 aliphatic carbocycles. The van der Waals surface area contributed by atoms with Crippen LogP contribution in [0, 0.1) is 5.92 Å². The molecule has 1 aromatic heterocycles. The van der Waals surface area contributed by atoms with Gasteiger partial charge in [-0.1, -0.05) is 45.2 Å². The molecule has 0 amide bonds. The minimum absolute atomic E-state index is 0.625. The van der Waals surface area contributed by atoms with Crippen LogP contribution in [0.5, 0.6) is 0 Å². The van der Waals surface area contributed by atoms with Crippen LogP contribution in [-0.4, -0.2) is 29.6 Å².